The van der Waals surface area contributed by atoms with Crippen molar-refractivity contribution >= 4 is 0 Å². The van der Waals surface area contributed by atoms with Crippen LogP contribution < -0.4 is 0 Å². The summed E-state index contributed by atoms with van der Waals surface area (Å²) in [6.07, 6.45) is 9.62. The Morgan fingerprint density at radius 3 is 2.35 bits per heavy atom. The van der Waals surface area contributed by atoms with E-state index in [0.29, 0.717) is 5.41 Å². The maximum Gasteiger partial charge on any atom is 0.0534 e. The Kier molecular flexibility index (Phi) is 5.14. The normalized spacial score (nSPS) is 21.3. The van der Waals surface area contributed by atoms with Crippen LogP contribution in [0.1, 0.15) is 42.4 Å². The van der Waals surface area contributed by atoms with Gasteiger partial charge in [0.15, 0.2) is 0 Å². The summed E-state index contributed by atoms with van der Waals surface area (Å²) in [5.74, 6) is 0. The van der Waals surface area contributed by atoms with Crippen LogP contribution >= 0.6 is 0 Å². The summed E-state index contributed by atoms with van der Waals surface area (Å²) in [5.41, 5.74) is 4.70. The Morgan fingerprint density at radius 1 is 0.923 bits per heavy atom. The van der Waals surface area contributed by atoms with Crippen molar-refractivity contribution in [3.63, 3.8) is 0 Å². The largest absolute Gasteiger partial charge is 0.299 e. The van der Waals surface area contributed by atoms with Gasteiger partial charge in [0.1, 0.15) is 0 Å². The summed E-state index contributed by atoms with van der Waals surface area (Å²) < 4.78 is 1.91. The molecule has 0 bridgehead atoms. The van der Waals surface area contributed by atoms with E-state index >= 15 is 0 Å². The zero-order valence-electron chi connectivity index (χ0n) is 16.3. The van der Waals surface area contributed by atoms with Crippen molar-refractivity contribution in [3.8, 4) is 0 Å². The van der Waals surface area contributed by atoms with E-state index < -0.39 is 0 Å². The molecular weight excluding hydrogens is 320 g/mol. The van der Waals surface area contributed by atoms with Gasteiger partial charge in [0, 0.05) is 38.4 Å². The zero-order chi connectivity index (χ0) is 18.0. The van der Waals surface area contributed by atoms with E-state index in [1.165, 1.54) is 68.6 Å². The average Bonchev–Trinajstić information content (AvgIpc) is 3.04. The van der Waals surface area contributed by atoms with E-state index in [-0.39, 0.29) is 0 Å². The molecule has 1 aromatic carbocycles. The number of aromatic nitrogens is 2. The number of rotatable bonds is 4. The van der Waals surface area contributed by atoms with Crippen molar-refractivity contribution in [3.05, 3.63) is 53.3 Å². The van der Waals surface area contributed by atoms with Crippen molar-refractivity contribution in [2.75, 3.05) is 26.2 Å². The average molecular weight is 353 g/mol. The van der Waals surface area contributed by atoms with Crippen LogP contribution in [-0.4, -0.2) is 45.8 Å². The predicted octanol–water partition coefficient (Wildman–Crippen LogP) is 3.61. The second-order valence-electron chi connectivity index (χ2n) is 8.60. The topological polar surface area (TPSA) is 24.3 Å². The molecule has 1 aromatic heterocycles. The van der Waals surface area contributed by atoms with Crippen molar-refractivity contribution in [2.45, 2.75) is 45.7 Å². The van der Waals surface area contributed by atoms with Gasteiger partial charge in [0.25, 0.3) is 0 Å². The number of piperidine rings is 2. The molecule has 2 fully saturated rings. The molecule has 0 N–H and O–H groups in total. The maximum absolute atomic E-state index is 4.30. The molecule has 0 radical (unpaired) electrons. The quantitative estimate of drug-likeness (QED) is 0.840. The van der Waals surface area contributed by atoms with E-state index in [4.69, 9.17) is 0 Å². The van der Waals surface area contributed by atoms with Crippen LogP contribution in [0.25, 0.3) is 0 Å². The van der Waals surface area contributed by atoms with Gasteiger partial charge in [-0.3, -0.25) is 14.5 Å². The molecule has 3 heterocycles. The molecule has 2 aliphatic rings. The summed E-state index contributed by atoms with van der Waals surface area (Å²) >= 11 is 0. The SMILES string of the molecule is Cc1ccc(CN2CCCC3(CCN(Cc4cnn(C)c4)CC3)C2)cc1. The highest BCUT2D eigenvalue weighted by Gasteiger charge is 2.38. The lowest BCUT2D eigenvalue weighted by molar-refractivity contribution is 0.0185. The minimum absolute atomic E-state index is 0.550. The van der Waals surface area contributed by atoms with Gasteiger partial charge in [-0.2, -0.15) is 5.10 Å². The van der Waals surface area contributed by atoms with E-state index in [0.717, 1.165) is 13.1 Å². The molecule has 140 valence electrons. The first kappa shape index (κ1) is 17.7. The van der Waals surface area contributed by atoms with E-state index in [2.05, 4.69) is 52.3 Å². The molecule has 2 saturated heterocycles. The van der Waals surface area contributed by atoms with Gasteiger partial charge in [0.2, 0.25) is 0 Å². The van der Waals surface area contributed by atoms with Gasteiger partial charge in [-0.05, 0) is 63.2 Å². The van der Waals surface area contributed by atoms with Gasteiger partial charge in [-0.15, -0.1) is 0 Å². The monoisotopic (exact) mass is 352 g/mol. The van der Waals surface area contributed by atoms with Gasteiger partial charge in [0.05, 0.1) is 6.20 Å². The Balaban J connectivity index is 1.32. The molecule has 4 nitrogen and oxygen atoms in total. The molecular formula is C22H32N4. The smallest absolute Gasteiger partial charge is 0.0534 e. The fraction of sp³-hybridized carbons (Fsp3) is 0.591. The fourth-order valence-corrected chi connectivity index (χ4v) is 4.80. The van der Waals surface area contributed by atoms with E-state index in [1.807, 2.05) is 17.9 Å². The van der Waals surface area contributed by atoms with Crippen molar-refractivity contribution in [2.24, 2.45) is 12.5 Å². The molecule has 2 aromatic rings. The highest BCUT2D eigenvalue weighted by Crippen LogP contribution is 2.40. The fourth-order valence-electron chi connectivity index (χ4n) is 4.80. The van der Waals surface area contributed by atoms with Gasteiger partial charge < -0.3 is 0 Å². The minimum Gasteiger partial charge on any atom is -0.299 e. The second kappa shape index (κ2) is 7.53. The molecule has 0 amide bonds. The number of hydrogen-bond donors (Lipinski definition) is 0. The Bertz CT molecular complexity index is 710. The molecule has 4 rings (SSSR count). The number of hydrogen-bond acceptors (Lipinski definition) is 3. The Hall–Kier alpha value is -1.65. The van der Waals surface area contributed by atoms with Crippen LogP contribution in [0.2, 0.25) is 0 Å². The van der Waals surface area contributed by atoms with E-state index in [1.54, 1.807) is 0 Å². The molecule has 0 aliphatic carbocycles. The number of aryl methyl sites for hydroxylation is 2. The minimum atomic E-state index is 0.550. The lowest BCUT2D eigenvalue weighted by Gasteiger charge is -2.47. The molecule has 26 heavy (non-hydrogen) atoms. The summed E-state index contributed by atoms with van der Waals surface area (Å²) in [6, 6.07) is 9.08. The first-order valence-electron chi connectivity index (χ1n) is 10.1. The summed E-state index contributed by atoms with van der Waals surface area (Å²) in [6.45, 7) is 9.33. The van der Waals surface area contributed by atoms with Crippen LogP contribution in [-0.2, 0) is 20.1 Å². The molecule has 4 heteroatoms. The van der Waals surface area contributed by atoms with Gasteiger partial charge >= 0.3 is 0 Å². The Labute approximate surface area is 157 Å². The zero-order valence-corrected chi connectivity index (χ0v) is 16.3. The van der Waals surface area contributed by atoms with Crippen molar-refractivity contribution in [1.82, 2.24) is 19.6 Å². The second-order valence-corrected chi connectivity index (χ2v) is 8.60. The third-order valence-corrected chi connectivity index (χ3v) is 6.35. The highest BCUT2D eigenvalue weighted by molar-refractivity contribution is 5.21. The van der Waals surface area contributed by atoms with Crippen molar-refractivity contribution < 1.29 is 0 Å². The standard InChI is InChI=1S/C22H32N4/c1-19-4-6-20(7-5-19)16-26-11-3-8-22(18-26)9-12-25(13-10-22)17-21-14-23-24(2)15-21/h4-7,14-15H,3,8-13,16-18H2,1-2H3. The first-order valence-corrected chi connectivity index (χ1v) is 10.1. The van der Waals surface area contributed by atoms with Crippen LogP contribution in [0.5, 0.6) is 0 Å². The molecule has 0 atom stereocenters. The third-order valence-electron chi connectivity index (χ3n) is 6.35. The summed E-state index contributed by atoms with van der Waals surface area (Å²) in [4.78, 5) is 5.31. The third kappa shape index (κ3) is 4.18. The Morgan fingerprint density at radius 2 is 1.65 bits per heavy atom. The van der Waals surface area contributed by atoms with Crippen LogP contribution in [0.4, 0.5) is 0 Å². The highest BCUT2D eigenvalue weighted by atomic mass is 15.2. The van der Waals surface area contributed by atoms with E-state index in [9.17, 15) is 0 Å². The van der Waals surface area contributed by atoms with Gasteiger partial charge in [-0.1, -0.05) is 29.8 Å². The number of benzene rings is 1. The lowest BCUT2D eigenvalue weighted by atomic mass is 9.72. The van der Waals surface area contributed by atoms with Gasteiger partial charge in [-0.25, -0.2) is 0 Å². The molecule has 0 unspecified atom stereocenters. The molecule has 0 saturated carbocycles. The predicted molar refractivity (Wildman–Crippen MR) is 106 cm³/mol. The lowest BCUT2D eigenvalue weighted by Crippen LogP contribution is -2.49. The first-order chi connectivity index (χ1) is 12.6. The molecule has 1 spiro atoms. The number of likely N-dealkylation sites (tertiary alicyclic amines) is 2. The van der Waals surface area contributed by atoms with Crippen LogP contribution in [0, 0.1) is 12.3 Å². The summed E-state index contributed by atoms with van der Waals surface area (Å²) in [5, 5.41) is 4.30. The van der Waals surface area contributed by atoms with Crippen LogP contribution in [0.15, 0.2) is 36.7 Å². The maximum atomic E-state index is 4.30. The van der Waals surface area contributed by atoms with Crippen molar-refractivity contribution in [1.29, 1.82) is 0 Å². The van der Waals surface area contributed by atoms with Crippen LogP contribution in [0.3, 0.4) is 0 Å². The number of nitrogens with zero attached hydrogens (tertiary/aromatic N) is 4. The summed E-state index contributed by atoms with van der Waals surface area (Å²) in [7, 11) is 2.00. The molecule has 2 aliphatic heterocycles.